The SMILES string of the molecule is CCc1ccc(CCC(=O)N(C)CC2CCOCC2)cc1. The molecule has 1 saturated heterocycles. The van der Waals surface area contributed by atoms with Crippen molar-refractivity contribution >= 4 is 5.91 Å². The summed E-state index contributed by atoms with van der Waals surface area (Å²) in [6.45, 7) is 4.72. The molecule has 1 amide bonds. The van der Waals surface area contributed by atoms with E-state index in [2.05, 4.69) is 31.2 Å². The molecule has 1 heterocycles. The van der Waals surface area contributed by atoms with Crippen molar-refractivity contribution in [1.29, 1.82) is 0 Å². The summed E-state index contributed by atoms with van der Waals surface area (Å²) in [5.41, 5.74) is 2.60. The Balaban J connectivity index is 1.74. The number of ether oxygens (including phenoxy) is 1. The highest BCUT2D eigenvalue weighted by Crippen LogP contribution is 2.16. The van der Waals surface area contributed by atoms with Crippen molar-refractivity contribution in [1.82, 2.24) is 4.90 Å². The van der Waals surface area contributed by atoms with Crippen LogP contribution in [0.5, 0.6) is 0 Å². The van der Waals surface area contributed by atoms with Gasteiger partial charge in [0, 0.05) is 33.2 Å². The molecule has 0 radical (unpaired) electrons. The highest BCUT2D eigenvalue weighted by molar-refractivity contribution is 5.76. The molecule has 3 heteroatoms. The topological polar surface area (TPSA) is 29.5 Å². The fourth-order valence-corrected chi connectivity index (χ4v) is 2.80. The van der Waals surface area contributed by atoms with Crippen LogP contribution in [0.4, 0.5) is 0 Å². The zero-order chi connectivity index (χ0) is 15.1. The van der Waals surface area contributed by atoms with Crippen LogP contribution >= 0.6 is 0 Å². The van der Waals surface area contributed by atoms with E-state index in [0.717, 1.165) is 45.4 Å². The van der Waals surface area contributed by atoms with E-state index >= 15 is 0 Å². The third kappa shape index (κ3) is 5.16. The Labute approximate surface area is 128 Å². The van der Waals surface area contributed by atoms with Crippen LogP contribution in [0.1, 0.15) is 37.3 Å². The van der Waals surface area contributed by atoms with Crippen LogP contribution in [-0.4, -0.2) is 37.6 Å². The molecule has 1 aliphatic rings. The van der Waals surface area contributed by atoms with Gasteiger partial charge in [-0.15, -0.1) is 0 Å². The molecule has 0 N–H and O–H groups in total. The number of nitrogens with zero attached hydrogens (tertiary/aromatic N) is 1. The van der Waals surface area contributed by atoms with Gasteiger partial charge in [0.25, 0.3) is 0 Å². The molecule has 3 nitrogen and oxygen atoms in total. The molecule has 0 bridgehead atoms. The van der Waals surface area contributed by atoms with E-state index in [1.807, 2.05) is 11.9 Å². The van der Waals surface area contributed by atoms with Gasteiger partial charge < -0.3 is 9.64 Å². The predicted octanol–water partition coefficient (Wildman–Crippen LogP) is 3.07. The van der Waals surface area contributed by atoms with E-state index in [1.165, 1.54) is 11.1 Å². The Bertz CT molecular complexity index is 435. The molecule has 0 saturated carbocycles. The van der Waals surface area contributed by atoms with Crippen molar-refractivity contribution < 1.29 is 9.53 Å². The Morgan fingerprint density at radius 1 is 1.19 bits per heavy atom. The summed E-state index contributed by atoms with van der Waals surface area (Å²) < 4.78 is 5.36. The summed E-state index contributed by atoms with van der Waals surface area (Å²) in [4.78, 5) is 14.1. The average molecular weight is 289 g/mol. The minimum Gasteiger partial charge on any atom is -0.381 e. The van der Waals surface area contributed by atoms with Crippen LogP contribution in [0.25, 0.3) is 0 Å². The van der Waals surface area contributed by atoms with Gasteiger partial charge in [0.2, 0.25) is 5.91 Å². The third-order valence-corrected chi connectivity index (χ3v) is 4.36. The lowest BCUT2D eigenvalue weighted by Crippen LogP contribution is -2.34. The number of hydrogen-bond donors (Lipinski definition) is 0. The van der Waals surface area contributed by atoms with Gasteiger partial charge in [-0.2, -0.15) is 0 Å². The zero-order valence-electron chi connectivity index (χ0n) is 13.3. The molecular weight excluding hydrogens is 262 g/mol. The monoisotopic (exact) mass is 289 g/mol. The van der Waals surface area contributed by atoms with Gasteiger partial charge in [0.1, 0.15) is 0 Å². The minimum atomic E-state index is 0.251. The van der Waals surface area contributed by atoms with Gasteiger partial charge in [-0.3, -0.25) is 4.79 Å². The smallest absolute Gasteiger partial charge is 0.222 e. The van der Waals surface area contributed by atoms with E-state index in [0.29, 0.717) is 12.3 Å². The van der Waals surface area contributed by atoms with E-state index in [9.17, 15) is 4.79 Å². The van der Waals surface area contributed by atoms with E-state index in [1.54, 1.807) is 0 Å². The Morgan fingerprint density at radius 2 is 1.81 bits per heavy atom. The van der Waals surface area contributed by atoms with Gasteiger partial charge in [-0.25, -0.2) is 0 Å². The summed E-state index contributed by atoms with van der Waals surface area (Å²) in [6.07, 6.45) is 4.66. The van der Waals surface area contributed by atoms with Crippen molar-refractivity contribution in [2.75, 3.05) is 26.8 Å². The lowest BCUT2D eigenvalue weighted by molar-refractivity contribution is -0.130. The van der Waals surface area contributed by atoms with E-state index < -0.39 is 0 Å². The van der Waals surface area contributed by atoms with Crippen LogP contribution in [0.2, 0.25) is 0 Å². The molecule has 2 rings (SSSR count). The lowest BCUT2D eigenvalue weighted by atomic mass is 9.99. The first-order valence-electron chi connectivity index (χ1n) is 8.08. The number of rotatable bonds is 6. The second-order valence-electron chi connectivity index (χ2n) is 6.00. The number of aryl methyl sites for hydroxylation is 2. The molecule has 21 heavy (non-hydrogen) atoms. The fraction of sp³-hybridized carbons (Fsp3) is 0.611. The minimum absolute atomic E-state index is 0.251. The lowest BCUT2D eigenvalue weighted by Gasteiger charge is -2.27. The molecule has 1 aromatic carbocycles. The van der Waals surface area contributed by atoms with Crippen LogP contribution in [0.15, 0.2) is 24.3 Å². The van der Waals surface area contributed by atoms with Crippen LogP contribution in [-0.2, 0) is 22.4 Å². The number of carbonyl (C=O) groups is 1. The fourth-order valence-electron chi connectivity index (χ4n) is 2.80. The third-order valence-electron chi connectivity index (χ3n) is 4.36. The van der Waals surface area contributed by atoms with Crippen molar-refractivity contribution in [2.45, 2.75) is 39.0 Å². The summed E-state index contributed by atoms with van der Waals surface area (Å²) in [6, 6.07) is 8.60. The summed E-state index contributed by atoms with van der Waals surface area (Å²) >= 11 is 0. The van der Waals surface area contributed by atoms with Gasteiger partial charge in [0.15, 0.2) is 0 Å². The molecule has 1 aliphatic heterocycles. The first kappa shape index (κ1) is 16.0. The molecule has 1 fully saturated rings. The van der Waals surface area contributed by atoms with Crippen LogP contribution in [0, 0.1) is 5.92 Å². The zero-order valence-corrected chi connectivity index (χ0v) is 13.3. The van der Waals surface area contributed by atoms with Crippen molar-refractivity contribution in [3.8, 4) is 0 Å². The largest absolute Gasteiger partial charge is 0.381 e. The predicted molar refractivity (Wildman–Crippen MR) is 85.3 cm³/mol. The molecule has 1 aromatic rings. The summed E-state index contributed by atoms with van der Waals surface area (Å²) in [7, 11) is 1.93. The quantitative estimate of drug-likeness (QED) is 0.805. The summed E-state index contributed by atoms with van der Waals surface area (Å²) in [5, 5.41) is 0. The molecule has 0 aromatic heterocycles. The van der Waals surface area contributed by atoms with Crippen LogP contribution in [0.3, 0.4) is 0 Å². The Hall–Kier alpha value is -1.35. The molecule has 0 atom stereocenters. The highest BCUT2D eigenvalue weighted by atomic mass is 16.5. The normalized spacial score (nSPS) is 15.9. The number of carbonyl (C=O) groups excluding carboxylic acids is 1. The second-order valence-corrected chi connectivity index (χ2v) is 6.00. The number of hydrogen-bond acceptors (Lipinski definition) is 2. The maximum absolute atomic E-state index is 12.2. The van der Waals surface area contributed by atoms with Crippen LogP contribution < -0.4 is 0 Å². The number of benzene rings is 1. The average Bonchev–Trinajstić information content (AvgIpc) is 2.54. The molecule has 116 valence electrons. The van der Waals surface area contributed by atoms with Crippen molar-refractivity contribution in [3.05, 3.63) is 35.4 Å². The second kappa shape index (κ2) is 8.18. The van der Waals surface area contributed by atoms with Gasteiger partial charge in [0.05, 0.1) is 0 Å². The van der Waals surface area contributed by atoms with Crippen molar-refractivity contribution in [2.24, 2.45) is 5.92 Å². The molecule has 0 aliphatic carbocycles. The maximum atomic E-state index is 12.2. The van der Waals surface area contributed by atoms with Gasteiger partial charge in [-0.05, 0) is 42.7 Å². The van der Waals surface area contributed by atoms with E-state index in [4.69, 9.17) is 4.74 Å². The molecule has 0 unspecified atom stereocenters. The molecular formula is C18H27NO2. The highest BCUT2D eigenvalue weighted by Gasteiger charge is 2.18. The Morgan fingerprint density at radius 3 is 2.43 bits per heavy atom. The molecule has 0 spiro atoms. The van der Waals surface area contributed by atoms with Crippen molar-refractivity contribution in [3.63, 3.8) is 0 Å². The van der Waals surface area contributed by atoms with Gasteiger partial charge in [-0.1, -0.05) is 31.2 Å². The first-order chi connectivity index (χ1) is 10.2. The van der Waals surface area contributed by atoms with E-state index in [-0.39, 0.29) is 5.91 Å². The van der Waals surface area contributed by atoms with Gasteiger partial charge >= 0.3 is 0 Å². The standard InChI is InChI=1S/C18H27NO2/c1-3-15-4-6-16(7-5-15)8-9-18(20)19(2)14-17-10-12-21-13-11-17/h4-7,17H,3,8-14H2,1-2H3. The maximum Gasteiger partial charge on any atom is 0.222 e. The Kier molecular flexibility index (Phi) is 6.24. The first-order valence-corrected chi connectivity index (χ1v) is 8.08. The summed E-state index contributed by atoms with van der Waals surface area (Å²) in [5.74, 6) is 0.859. The number of amides is 1.